The van der Waals surface area contributed by atoms with Gasteiger partial charge in [0, 0.05) is 16.0 Å². The van der Waals surface area contributed by atoms with E-state index >= 15 is 0 Å². The molecule has 0 amide bonds. The van der Waals surface area contributed by atoms with Crippen molar-refractivity contribution in [1.29, 1.82) is 0 Å². The summed E-state index contributed by atoms with van der Waals surface area (Å²) in [5.74, 6) is 0. The summed E-state index contributed by atoms with van der Waals surface area (Å²) in [5.41, 5.74) is 0. The molecular formula is C9H8N2S. The maximum absolute atomic E-state index is 3.87. The maximum atomic E-state index is 3.87. The quantitative estimate of drug-likeness (QED) is 0.761. The van der Waals surface area contributed by atoms with E-state index in [4.69, 9.17) is 0 Å². The third-order valence-electron chi connectivity index (χ3n) is 1.45. The summed E-state index contributed by atoms with van der Waals surface area (Å²) in [7, 11) is 0. The molecule has 0 fully saturated rings. The lowest BCUT2D eigenvalue weighted by Gasteiger charge is -1.95. The molecule has 0 aliphatic rings. The Morgan fingerprint density at radius 2 is 1.92 bits per heavy atom. The Kier molecular flexibility index (Phi) is 2.14. The lowest BCUT2D eigenvalue weighted by atomic mass is 10.4. The normalized spacial score (nSPS) is 10.0. The zero-order valence-electron chi connectivity index (χ0n) is 6.40. The largest absolute Gasteiger partial charge is 0.285 e. The Hall–Kier alpha value is -1.22. The minimum atomic E-state index is 1.14. The fourth-order valence-corrected chi connectivity index (χ4v) is 1.70. The molecule has 2 rings (SSSR count). The van der Waals surface area contributed by atoms with E-state index in [1.54, 1.807) is 11.8 Å². The molecule has 2 nitrogen and oxygen atoms in total. The second-order valence-corrected chi connectivity index (χ2v) is 3.50. The van der Waals surface area contributed by atoms with Gasteiger partial charge in [-0.3, -0.25) is 5.10 Å². The van der Waals surface area contributed by atoms with Gasteiger partial charge in [0.1, 0.15) is 0 Å². The van der Waals surface area contributed by atoms with Crippen LogP contribution >= 0.6 is 11.8 Å². The second-order valence-electron chi connectivity index (χ2n) is 2.35. The molecule has 1 aromatic heterocycles. The van der Waals surface area contributed by atoms with Gasteiger partial charge in [-0.05, 0) is 12.1 Å². The first-order valence-corrected chi connectivity index (χ1v) is 4.48. The van der Waals surface area contributed by atoms with Gasteiger partial charge in [-0.1, -0.05) is 30.0 Å². The zero-order valence-corrected chi connectivity index (χ0v) is 7.21. The predicted molar refractivity (Wildman–Crippen MR) is 49.2 cm³/mol. The summed E-state index contributed by atoms with van der Waals surface area (Å²) in [4.78, 5) is 2.38. The van der Waals surface area contributed by atoms with Crippen molar-refractivity contribution in [3.63, 3.8) is 0 Å². The molecule has 1 heterocycles. The van der Waals surface area contributed by atoms with E-state index in [1.165, 1.54) is 4.90 Å². The highest BCUT2D eigenvalue weighted by atomic mass is 32.2. The first-order chi connectivity index (χ1) is 5.95. The lowest BCUT2D eigenvalue weighted by molar-refractivity contribution is 1.09. The average molecular weight is 176 g/mol. The minimum Gasteiger partial charge on any atom is -0.285 e. The summed E-state index contributed by atoms with van der Waals surface area (Å²) in [6.07, 6.45) is 3.70. The highest BCUT2D eigenvalue weighted by molar-refractivity contribution is 7.99. The Labute approximate surface area is 75.0 Å². The number of nitrogens with one attached hydrogen (secondary N) is 1. The first kappa shape index (κ1) is 7.43. The molecule has 0 spiro atoms. The lowest BCUT2D eigenvalue weighted by Crippen LogP contribution is -1.67. The smallest absolute Gasteiger partial charge is 0.0627 e. The zero-order chi connectivity index (χ0) is 8.23. The fraction of sp³-hybridized carbons (Fsp3) is 0. The van der Waals surface area contributed by atoms with E-state index in [9.17, 15) is 0 Å². The molecular weight excluding hydrogens is 168 g/mol. The molecule has 1 aromatic carbocycles. The van der Waals surface area contributed by atoms with Crippen LogP contribution in [0.5, 0.6) is 0 Å². The van der Waals surface area contributed by atoms with Crippen LogP contribution in [0.15, 0.2) is 52.5 Å². The van der Waals surface area contributed by atoms with Crippen molar-refractivity contribution in [2.75, 3.05) is 0 Å². The van der Waals surface area contributed by atoms with Crippen molar-refractivity contribution in [3.8, 4) is 0 Å². The van der Waals surface area contributed by atoms with Gasteiger partial charge in [0.05, 0.1) is 6.20 Å². The number of benzene rings is 1. The van der Waals surface area contributed by atoms with Gasteiger partial charge in [-0.2, -0.15) is 5.10 Å². The Morgan fingerprint density at radius 1 is 1.08 bits per heavy atom. The number of hydrogen-bond acceptors (Lipinski definition) is 2. The highest BCUT2D eigenvalue weighted by Gasteiger charge is 1.95. The molecule has 0 saturated carbocycles. The Balaban J connectivity index is 2.15. The summed E-state index contributed by atoms with van der Waals surface area (Å²) in [6, 6.07) is 10.2. The molecule has 0 aliphatic carbocycles. The van der Waals surface area contributed by atoms with Crippen LogP contribution in [0.3, 0.4) is 0 Å². The molecule has 3 heteroatoms. The van der Waals surface area contributed by atoms with E-state index in [0.29, 0.717) is 0 Å². The van der Waals surface area contributed by atoms with Gasteiger partial charge in [0.25, 0.3) is 0 Å². The Bertz CT molecular complexity index is 329. The summed E-state index contributed by atoms with van der Waals surface area (Å²) < 4.78 is 0. The van der Waals surface area contributed by atoms with Crippen molar-refractivity contribution >= 4 is 11.8 Å². The van der Waals surface area contributed by atoms with E-state index in [2.05, 4.69) is 22.3 Å². The summed E-state index contributed by atoms with van der Waals surface area (Å²) in [6.45, 7) is 0. The first-order valence-electron chi connectivity index (χ1n) is 3.67. The average Bonchev–Trinajstić information content (AvgIpc) is 2.59. The Morgan fingerprint density at radius 3 is 2.58 bits per heavy atom. The monoisotopic (exact) mass is 176 g/mol. The molecule has 0 radical (unpaired) electrons. The number of H-pyrrole nitrogens is 1. The van der Waals surface area contributed by atoms with Crippen LogP contribution in [0, 0.1) is 0 Å². The molecule has 0 atom stereocenters. The van der Waals surface area contributed by atoms with Crippen LogP contribution in [0.4, 0.5) is 0 Å². The van der Waals surface area contributed by atoms with Gasteiger partial charge < -0.3 is 0 Å². The van der Waals surface area contributed by atoms with E-state index in [1.807, 2.05) is 30.6 Å². The van der Waals surface area contributed by atoms with Crippen LogP contribution in [-0.2, 0) is 0 Å². The van der Waals surface area contributed by atoms with Crippen LogP contribution in [-0.4, -0.2) is 10.2 Å². The van der Waals surface area contributed by atoms with Crippen molar-refractivity contribution in [1.82, 2.24) is 10.2 Å². The summed E-state index contributed by atoms with van der Waals surface area (Å²) in [5, 5.41) is 6.65. The van der Waals surface area contributed by atoms with E-state index in [-0.39, 0.29) is 0 Å². The molecule has 1 N–H and O–H groups in total. The molecule has 0 unspecified atom stereocenters. The molecule has 0 saturated heterocycles. The van der Waals surface area contributed by atoms with E-state index < -0.39 is 0 Å². The maximum Gasteiger partial charge on any atom is 0.0627 e. The highest BCUT2D eigenvalue weighted by Crippen LogP contribution is 2.25. The molecule has 0 bridgehead atoms. The van der Waals surface area contributed by atoms with Crippen molar-refractivity contribution < 1.29 is 0 Å². The SMILES string of the molecule is c1ccc(Sc2cn[nH]c2)cc1. The third-order valence-corrected chi connectivity index (χ3v) is 2.42. The van der Waals surface area contributed by atoms with Crippen molar-refractivity contribution in [2.24, 2.45) is 0 Å². The third kappa shape index (κ3) is 1.68. The second kappa shape index (κ2) is 3.45. The number of aromatic nitrogens is 2. The molecule has 12 heavy (non-hydrogen) atoms. The predicted octanol–water partition coefficient (Wildman–Crippen LogP) is 2.56. The minimum absolute atomic E-state index is 1.14. The van der Waals surface area contributed by atoms with Crippen LogP contribution in [0.2, 0.25) is 0 Å². The van der Waals surface area contributed by atoms with Gasteiger partial charge in [-0.15, -0.1) is 0 Å². The molecule has 60 valence electrons. The number of aromatic amines is 1. The van der Waals surface area contributed by atoms with Gasteiger partial charge in [-0.25, -0.2) is 0 Å². The van der Waals surface area contributed by atoms with Crippen LogP contribution in [0.25, 0.3) is 0 Å². The number of hydrogen-bond donors (Lipinski definition) is 1. The van der Waals surface area contributed by atoms with Crippen LogP contribution < -0.4 is 0 Å². The standard InChI is InChI=1S/C9H8N2S/c1-2-4-8(5-3-1)12-9-6-10-11-7-9/h1-7H,(H,10,11). The topological polar surface area (TPSA) is 28.7 Å². The van der Waals surface area contributed by atoms with Gasteiger partial charge in [0.2, 0.25) is 0 Å². The number of rotatable bonds is 2. The fourth-order valence-electron chi connectivity index (χ4n) is 0.919. The van der Waals surface area contributed by atoms with E-state index in [0.717, 1.165) is 4.90 Å². The number of nitrogens with zero attached hydrogens (tertiary/aromatic N) is 1. The van der Waals surface area contributed by atoms with Crippen LogP contribution in [0.1, 0.15) is 0 Å². The van der Waals surface area contributed by atoms with Gasteiger partial charge >= 0.3 is 0 Å². The van der Waals surface area contributed by atoms with Crippen molar-refractivity contribution in [2.45, 2.75) is 9.79 Å². The molecule has 2 aromatic rings. The van der Waals surface area contributed by atoms with Crippen molar-refractivity contribution in [3.05, 3.63) is 42.7 Å². The summed E-state index contributed by atoms with van der Waals surface area (Å²) >= 11 is 1.70. The van der Waals surface area contributed by atoms with Gasteiger partial charge in [0.15, 0.2) is 0 Å². The molecule has 0 aliphatic heterocycles.